The van der Waals surface area contributed by atoms with Gasteiger partial charge in [0.15, 0.2) is 0 Å². The summed E-state index contributed by atoms with van der Waals surface area (Å²) in [5.41, 5.74) is 1.22. The van der Waals surface area contributed by atoms with E-state index in [0.29, 0.717) is 24.3 Å². The summed E-state index contributed by atoms with van der Waals surface area (Å²) in [4.78, 5) is 31.6. The van der Waals surface area contributed by atoms with E-state index in [2.05, 4.69) is 10.3 Å². The van der Waals surface area contributed by atoms with Gasteiger partial charge in [0.1, 0.15) is 5.69 Å². The Balaban J connectivity index is 1.39. The number of carbonyl (C=O) groups is 2. The van der Waals surface area contributed by atoms with Crippen LogP contribution in [0.15, 0.2) is 47.8 Å². The number of carbonyl (C=O) groups excluding carboxylic acids is 2. The summed E-state index contributed by atoms with van der Waals surface area (Å²) in [7, 11) is 0. The zero-order valence-electron chi connectivity index (χ0n) is 15.9. The van der Waals surface area contributed by atoms with Crippen molar-refractivity contribution in [3.8, 4) is 0 Å². The van der Waals surface area contributed by atoms with E-state index in [9.17, 15) is 9.59 Å². The third-order valence-electron chi connectivity index (χ3n) is 5.23. The fraction of sp³-hybridized carbons (Fsp3) is 0.318. The van der Waals surface area contributed by atoms with Crippen molar-refractivity contribution in [1.29, 1.82) is 0 Å². The van der Waals surface area contributed by atoms with Crippen LogP contribution >= 0.6 is 11.3 Å². The third kappa shape index (κ3) is 3.92. The van der Waals surface area contributed by atoms with Crippen molar-refractivity contribution in [2.24, 2.45) is 5.92 Å². The van der Waals surface area contributed by atoms with Gasteiger partial charge in [-0.05, 0) is 42.5 Å². The molecular weight excluding hydrogens is 370 g/mol. The van der Waals surface area contributed by atoms with Crippen molar-refractivity contribution in [3.63, 3.8) is 0 Å². The normalized spacial score (nSPS) is 16.9. The van der Waals surface area contributed by atoms with E-state index in [4.69, 9.17) is 0 Å². The molecule has 3 aromatic rings. The lowest BCUT2D eigenvalue weighted by Gasteiger charge is -2.32. The average Bonchev–Trinajstić information content (AvgIpc) is 3.17. The number of likely N-dealkylation sites (tertiary alicyclic amines) is 1. The number of nitrogens with one attached hydrogen (secondary N) is 1. The van der Waals surface area contributed by atoms with Crippen LogP contribution in [0.5, 0.6) is 0 Å². The van der Waals surface area contributed by atoms with Crippen LogP contribution in [0.4, 0.5) is 0 Å². The Labute approximate surface area is 168 Å². The zero-order chi connectivity index (χ0) is 19.5. The molecule has 1 N–H and O–H groups in total. The smallest absolute Gasteiger partial charge is 0.273 e. The minimum atomic E-state index is -0.0598. The van der Waals surface area contributed by atoms with Crippen LogP contribution in [-0.4, -0.2) is 41.3 Å². The van der Waals surface area contributed by atoms with E-state index in [1.54, 1.807) is 0 Å². The number of piperidine rings is 1. The Morgan fingerprint density at radius 3 is 2.86 bits per heavy atom. The predicted molar refractivity (Wildman–Crippen MR) is 112 cm³/mol. The quantitative estimate of drug-likeness (QED) is 0.732. The molecule has 2 heterocycles. The van der Waals surface area contributed by atoms with Gasteiger partial charge in [-0.2, -0.15) is 0 Å². The molecule has 6 heteroatoms. The highest BCUT2D eigenvalue weighted by Gasteiger charge is 2.26. The molecule has 1 fully saturated rings. The molecule has 1 aromatic heterocycles. The average molecular weight is 394 g/mol. The first kappa shape index (κ1) is 18.6. The molecule has 0 aliphatic carbocycles. The summed E-state index contributed by atoms with van der Waals surface area (Å²) >= 11 is 1.49. The van der Waals surface area contributed by atoms with Gasteiger partial charge in [0.2, 0.25) is 0 Å². The number of fused-ring (bicyclic) bond motifs is 1. The second-order valence-electron chi connectivity index (χ2n) is 7.25. The van der Waals surface area contributed by atoms with Gasteiger partial charge >= 0.3 is 0 Å². The first-order chi connectivity index (χ1) is 13.6. The van der Waals surface area contributed by atoms with Gasteiger partial charge in [0.05, 0.1) is 5.01 Å². The van der Waals surface area contributed by atoms with Crippen molar-refractivity contribution in [3.05, 3.63) is 64.1 Å². The van der Waals surface area contributed by atoms with Crippen molar-refractivity contribution in [1.82, 2.24) is 15.2 Å². The van der Waals surface area contributed by atoms with E-state index in [-0.39, 0.29) is 17.7 Å². The number of amides is 2. The van der Waals surface area contributed by atoms with Crippen molar-refractivity contribution < 1.29 is 9.59 Å². The maximum atomic E-state index is 12.7. The van der Waals surface area contributed by atoms with E-state index in [0.717, 1.165) is 35.2 Å². The number of hydrogen-bond donors (Lipinski definition) is 1. The van der Waals surface area contributed by atoms with Gasteiger partial charge in [0.25, 0.3) is 11.8 Å². The molecule has 0 saturated carbocycles. The van der Waals surface area contributed by atoms with E-state index in [1.807, 2.05) is 59.7 Å². The van der Waals surface area contributed by atoms with Gasteiger partial charge in [-0.15, -0.1) is 11.3 Å². The first-order valence-corrected chi connectivity index (χ1v) is 10.5. The number of nitrogens with zero attached hydrogens (tertiary/aromatic N) is 2. The summed E-state index contributed by atoms with van der Waals surface area (Å²) in [5.74, 6) is 0.196. The van der Waals surface area contributed by atoms with Crippen LogP contribution in [0, 0.1) is 12.8 Å². The highest BCUT2D eigenvalue weighted by molar-refractivity contribution is 7.09. The molecule has 1 atom stereocenters. The molecule has 0 spiro atoms. The summed E-state index contributed by atoms with van der Waals surface area (Å²) < 4.78 is 0. The standard InChI is InChI=1S/C22H23N3O2S/c1-15-24-20(14-28-15)22(27)25-11-5-6-16(13-25)12-23-21(26)19-10-4-8-17-7-2-3-9-18(17)19/h2-4,7-10,14,16H,5-6,11-13H2,1H3,(H,23,26). The second kappa shape index (κ2) is 8.10. The third-order valence-corrected chi connectivity index (χ3v) is 6.00. The highest BCUT2D eigenvalue weighted by atomic mass is 32.1. The molecule has 4 rings (SSSR count). The minimum Gasteiger partial charge on any atom is -0.352 e. The maximum Gasteiger partial charge on any atom is 0.273 e. The molecule has 0 radical (unpaired) electrons. The molecule has 1 unspecified atom stereocenters. The van der Waals surface area contributed by atoms with E-state index >= 15 is 0 Å². The molecular formula is C22H23N3O2S. The maximum absolute atomic E-state index is 12.7. The molecule has 2 amide bonds. The Morgan fingerprint density at radius 2 is 2.04 bits per heavy atom. The summed E-state index contributed by atoms with van der Waals surface area (Å²) in [6.45, 7) is 3.89. The van der Waals surface area contributed by atoms with Gasteiger partial charge in [0, 0.05) is 30.6 Å². The van der Waals surface area contributed by atoms with E-state index < -0.39 is 0 Å². The Hall–Kier alpha value is -2.73. The van der Waals surface area contributed by atoms with Gasteiger partial charge in [-0.1, -0.05) is 36.4 Å². The van der Waals surface area contributed by atoms with Crippen LogP contribution in [0.25, 0.3) is 10.8 Å². The number of benzene rings is 2. The zero-order valence-corrected chi connectivity index (χ0v) is 16.7. The summed E-state index contributed by atoms with van der Waals surface area (Å²) in [6, 6.07) is 13.7. The van der Waals surface area contributed by atoms with Gasteiger partial charge < -0.3 is 10.2 Å². The van der Waals surface area contributed by atoms with E-state index in [1.165, 1.54) is 11.3 Å². The second-order valence-corrected chi connectivity index (χ2v) is 8.31. The number of aromatic nitrogens is 1. The first-order valence-electron chi connectivity index (χ1n) is 9.59. The molecule has 28 heavy (non-hydrogen) atoms. The monoisotopic (exact) mass is 393 g/mol. The summed E-state index contributed by atoms with van der Waals surface area (Å²) in [5, 5.41) is 7.82. The van der Waals surface area contributed by atoms with Crippen LogP contribution in [0.1, 0.15) is 38.7 Å². The topological polar surface area (TPSA) is 62.3 Å². The number of thiazole rings is 1. The predicted octanol–water partition coefficient (Wildman–Crippen LogP) is 3.89. The van der Waals surface area contributed by atoms with Crippen molar-refractivity contribution >= 4 is 33.9 Å². The largest absolute Gasteiger partial charge is 0.352 e. The SMILES string of the molecule is Cc1nc(C(=O)N2CCCC(CNC(=O)c3cccc4ccccc34)C2)cs1. The van der Waals surface area contributed by atoms with Crippen molar-refractivity contribution in [2.45, 2.75) is 19.8 Å². The lowest BCUT2D eigenvalue weighted by atomic mass is 9.97. The lowest BCUT2D eigenvalue weighted by Crippen LogP contribution is -2.43. The summed E-state index contributed by atoms with van der Waals surface area (Å²) in [6.07, 6.45) is 1.96. The molecule has 5 nitrogen and oxygen atoms in total. The molecule has 1 saturated heterocycles. The fourth-order valence-corrected chi connectivity index (χ4v) is 4.38. The lowest BCUT2D eigenvalue weighted by molar-refractivity contribution is 0.0665. The van der Waals surface area contributed by atoms with Crippen molar-refractivity contribution in [2.75, 3.05) is 19.6 Å². The molecule has 1 aliphatic rings. The minimum absolute atomic E-state index is 0.00516. The number of aryl methyl sites for hydroxylation is 1. The Morgan fingerprint density at radius 1 is 1.21 bits per heavy atom. The Kier molecular flexibility index (Phi) is 5.39. The highest BCUT2D eigenvalue weighted by Crippen LogP contribution is 2.21. The molecule has 1 aliphatic heterocycles. The molecule has 2 aromatic carbocycles. The molecule has 0 bridgehead atoms. The number of rotatable bonds is 4. The van der Waals surface area contributed by atoms with Crippen LogP contribution in [0.2, 0.25) is 0 Å². The van der Waals surface area contributed by atoms with Crippen LogP contribution in [-0.2, 0) is 0 Å². The Bertz CT molecular complexity index is 1010. The fourth-order valence-electron chi connectivity index (χ4n) is 3.80. The van der Waals surface area contributed by atoms with Gasteiger partial charge in [-0.3, -0.25) is 9.59 Å². The number of hydrogen-bond acceptors (Lipinski definition) is 4. The van der Waals surface area contributed by atoms with Gasteiger partial charge in [-0.25, -0.2) is 4.98 Å². The van der Waals surface area contributed by atoms with Crippen LogP contribution in [0.3, 0.4) is 0 Å². The van der Waals surface area contributed by atoms with Crippen LogP contribution < -0.4 is 5.32 Å². The molecule has 144 valence electrons.